The third-order valence-electron chi connectivity index (χ3n) is 6.63. The molecule has 1 aromatic heterocycles. The fourth-order valence-corrected chi connectivity index (χ4v) is 6.26. The van der Waals surface area contributed by atoms with Crippen LogP contribution in [0.1, 0.15) is 49.8 Å². The second-order valence-electron chi connectivity index (χ2n) is 9.15. The van der Waals surface area contributed by atoms with Gasteiger partial charge >= 0.3 is 6.18 Å². The minimum atomic E-state index is -4.41. The molecule has 2 fully saturated rings. The van der Waals surface area contributed by atoms with Crippen molar-refractivity contribution in [2.45, 2.75) is 44.8 Å². The van der Waals surface area contributed by atoms with Crippen LogP contribution in [-0.4, -0.2) is 43.0 Å². The molecule has 180 valence electrons. The molecule has 0 bridgehead atoms. The van der Waals surface area contributed by atoms with Gasteiger partial charge in [-0.05, 0) is 48.8 Å². The number of alkyl halides is 3. The second kappa shape index (κ2) is 8.73. The molecule has 0 spiro atoms. The van der Waals surface area contributed by atoms with Gasteiger partial charge in [0.25, 0.3) is 0 Å². The average Bonchev–Trinajstić information content (AvgIpc) is 3.25. The highest BCUT2D eigenvalue weighted by atomic mass is 32.2. The molecule has 0 aliphatic carbocycles. The van der Waals surface area contributed by atoms with Gasteiger partial charge in [0.2, 0.25) is 5.82 Å². The van der Waals surface area contributed by atoms with Gasteiger partial charge in [0.15, 0.2) is 11.6 Å². The van der Waals surface area contributed by atoms with Gasteiger partial charge in [-0.25, -0.2) is 18.4 Å². The van der Waals surface area contributed by atoms with Gasteiger partial charge in [-0.15, -0.1) is 0 Å². The Morgan fingerprint density at radius 1 is 1.15 bits per heavy atom. The normalized spacial score (nSPS) is 22.3. The Balaban J connectivity index is 1.50. The van der Waals surface area contributed by atoms with Gasteiger partial charge in [-0.1, -0.05) is 19.1 Å². The summed E-state index contributed by atoms with van der Waals surface area (Å²) < 4.78 is 77.5. The van der Waals surface area contributed by atoms with E-state index in [4.69, 9.17) is 0 Å². The van der Waals surface area contributed by atoms with Crippen LogP contribution in [-0.2, 0) is 16.0 Å². The van der Waals surface area contributed by atoms with Crippen molar-refractivity contribution >= 4 is 21.5 Å². The molecule has 0 radical (unpaired) electrons. The van der Waals surface area contributed by atoms with Crippen molar-refractivity contribution in [3.63, 3.8) is 0 Å². The quantitative estimate of drug-likeness (QED) is 0.623. The maximum atomic E-state index is 15.4. The first-order valence-electron chi connectivity index (χ1n) is 10.9. The highest BCUT2D eigenvalue weighted by Crippen LogP contribution is 2.39. The Morgan fingerprint density at radius 3 is 2.45 bits per heavy atom. The highest BCUT2D eigenvalue weighted by Gasteiger charge is 2.35. The van der Waals surface area contributed by atoms with Crippen LogP contribution in [0.5, 0.6) is 0 Å². The lowest BCUT2D eigenvalue weighted by atomic mass is 9.84. The van der Waals surface area contributed by atoms with Crippen molar-refractivity contribution in [3.8, 4) is 0 Å². The molecule has 1 N–H and O–H groups in total. The predicted octanol–water partition coefficient (Wildman–Crippen LogP) is 4.60. The van der Waals surface area contributed by atoms with Crippen molar-refractivity contribution in [2.24, 2.45) is 5.41 Å². The van der Waals surface area contributed by atoms with E-state index in [2.05, 4.69) is 15.3 Å². The minimum absolute atomic E-state index is 0.0349. The average molecular weight is 487 g/mol. The Bertz CT molecular complexity index is 1090. The summed E-state index contributed by atoms with van der Waals surface area (Å²) in [5, 5.41) is 3.02. The van der Waals surface area contributed by atoms with Gasteiger partial charge in [0, 0.05) is 13.1 Å². The van der Waals surface area contributed by atoms with Gasteiger partial charge in [0.05, 0.1) is 23.1 Å². The van der Waals surface area contributed by atoms with E-state index in [1.54, 1.807) is 4.90 Å². The monoisotopic (exact) mass is 486 g/mol. The number of nitrogens with one attached hydrogen (secondary N) is 1. The minimum Gasteiger partial charge on any atom is -0.367 e. The number of hydrogen-bond acceptors (Lipinski definition) is 6. The molecule has 2 aromatic rings. The first-order chi connectivity index (χ1) is 15.5. The van der Waals surface area contributed by atoms with E-state index in [1.807, 2.05) is 6.92 Å². The molecule has 11 heteroatoms. The molecule has 33 heavy (non-hydrogen) atoms. The topological polar surface area (TPSA) is 75.2 Å². The van der Waals surface area contributed by atoms with Crippen LogP contribution < -0.4 is 10.2 Å². The van der Waals surface area contributed by atoms with Crippen molar-refractivity contribution in [2.75, 3.05) is 34.8 Å². The molecular formula is C22H26F4N4O2S. The van der Waals surface area contributed by atoms with E-state index in [0.29, 0.717) is 37.9 Å². The summed E-state index contributed by atoms with van der Waals surface area (Å²) in [5.74, 6) is -0.251. The largest absolute Gasteiger partial charge is 0.416 e. The zero-order chi connectivity index (χ0) is 23.9. The van der Waals surface area contributed by atoms with Crippen LogP contribution in [0.15, 0.2) is 30.6 Å². The Morgan fingerprint density at radius 2 is 1.82 bits per heavy atom. The van der Waals surface area contributed by atoms with Crippen LogP contribution in [0.25, 0.3) is 0 Å². The molecule has 0 amide bonds. The lowest BCUT2D eigenvalue weighted by Crippen LogP contribution is -2.36. The smallest absolute Gasteiger partial charge is 0.367 e. The summed E-state index contributed by atoms with van der Waals surface area (Å²) in [4.78, 5) is 9.91. The Labute approximate surface area is 190 Å². The van der Waals surface area contributed by atoms with Crippen LogP contribution in [0.3, 0.4) is 0 Å². The molecule has 3 heterocycles. The molecule has 2 aliphatic rings. The number of hydrogen-bond donors (Lipinski definition) is 1. The first kappa shape index (κ1) is 23.7. The third kappa shape index (κ3) is 5.23. The summed E-state index contributed by atoms with van der Waals surface area (Å²) in [7, 11) is -3.00. The molecule has 1 atom stereocenters. The molecule has 2 saturated heterocycles. The van der Waals surface area contributed by atoms with E-state index in [1.165, 1.54) is 18.5 Å². The number of halogens is 4. The van der Waals surface area contributed by atoms with Crippen molar-refractivity contribution < 1.29 is 26.0 Å². The lowest BCUT2D eigenvalue weighted by molar-refractivity contribution is -0.137. The first-order valence-corrected chi connectivity index (χ1v) is 12.7. The van der Waals surface area contributed by atoms with Crippen molar-refractivity contribution in [3.05, 3.63) is 47.5 Å². The zero-order valence-corrected chi connectivity index (χ0v) is 19.0. The van der Waals surface area contributed by atoms with Gasteiger partial charge < -0.3 is 10.2 Å². The van der Waals surface area contributed by atoms with E-state index < -0.39 is 27.4 Å². The molecule has 1 aromatic carbocycles. The number of rotatable bonds is 5. The van der Waals surface area contributed by atoms with E-state index in [9.17, 15) is 21.6 Å². The van der Waals surface area contributed by atoms with E-state index >= 15 is 4.39 Å². The van der Waals surface area contributed by atoms with E-state index in [-0.39, 0.29) is 34.6 Å². The van der Waals surface area contributed by atoms with Gasteiger partial charge in [0.1, 0.15) is 16.2 Å². The molecule has 0 saturated carbocycles. The molecule has 2 aliphatic heterocycles. The highest BCUT2D eigenvalue weighted by molar-refractivity contribution is 7.91. The number of sulfone groups is 1. The summed E-state index contributed by atoms with van der Waals surface area (Å²) >= 11 is 0. The third-order valence-corrected chi connectivity index (χ3v) is 8.29. The van der Waals surface area contributed by atoms with Gasteiger partial charge in [-0.2, -0.15) is 17.6 Å². The van der Waals surface area contributed by atoms with E-state index in [0.717, 1.165) is 18.6 Å². The van der Waals surface area contributed by atoms with Crippen LogP contribution in [0.4, 0.5) is 29.2 Å². The summed E-state index contributed by atoms with van der Waals surface area (Å²) in [6, 6.07) is 4.66. The molecule has 4 rings (SSSR count). The standard InChI is InChI=1S/C22H26F4N4O2S/c1-21(8-11-33(31,32)12-9-21)13-27-19-18(23)20(29-14-28-19)30-10-2-3-17(30)15-4-6-16(7-5-15)22(24,25)26/h4-7,14,17H,2-3,8-13H2,1H3,(H,27,28,29). The number of anilines is 2. The summed E-state index contributed by atoms with van der Waals surface area (Å²) in [6.45, 7) is 2.86. The molecule has 1 unspecified atom stereocenters. The molecule has 6 nitrogen and oxygen atoms in total. The molecular weight excluding hydrogens is 460 g/mol. The Hall–Kier alpha value is -2.43. The van der Waals surface area contributed by atoms with Crippen molar-refractivity contribution in [1.29, 1.82) is 0 Å². The maximum Gasteiger partial charge on any atom is 0.416 e. The summed E-state index contributed by atoms with van der Waals surface area (Å²) in [5.41, 5.74) is -0.345. The maximum absolute atomic E-state index is 15.4. The van der Waals surface area contributed by atoms with Crippen LogP contribution in [0, 0.1) is 11.2 Å². The fraction of sp³-hybridized carbons (Fsp3) is 0.545. The second-order valence-corrected chi connectivity index (χ2v) is 11.5. The SMILES string of the molecule is CC1(CNc2ncnc(N3CCCC3c3ccc(C(F)(F)F)cc3)c2F)CCS(=O)(=O)CC1. The van der Waals surface area contributed by atoms with Gasteiger partial charge in [-0.3, -0.25) is 0 Å². The predicted molar refractivity (Wildman–Crippen MR) is 117 cm³/mol. The summed E-state index contributed by atoms with van der Waals surface area (Å²) in [6.07, 6.45) is -0.745. The number of nitrogens with zero attached hydrogens (tertiary/aromatic N) is 3. The lowest BCUT2D eigenvalue weighted by Gasteiger charge is -2.33. The number of aromatic nitrogens is 2. The number of benzene rings is 1. The Kier molecular flexibility index (Phi) is 6.28. The van der Waals surface area contributed by atoms with Crippen molar-refractivity contribution in [1.82, 2.24) is 9.97 Å². The van der Waals surface area contributed by atoms with Crippen LogP contribution in [0.2, 0.25) is 0 Å². The fourth-order valence-electron chi connectivity index (χ4n) is 4.45. The van der Waals surface area contributed by atoms with Crippen LogP contribution >= 0.6 is 0 Å². The zero-order valence-electron chi connectivity index (χ0n) is 18.2.